The van der Waals surface area contributed by atoms with Crippen molar-refractivity contribution in [2.45, 2.75) is 26.8 Å². The molecule has 0 aromatic heterocycles. The van der Waals surface area contributed by atoms with E-state index in [1.807, 2.05) is 50.2 Å². The minimum atomic E-state index is -0.877. The van der Waals surface area contributed by atoms with Crippen LogP contribution in [-0.4, -0.2) is 29.4 Å². The molecule has 0 saturated carbocycles. The molecule has 6 nitrogen and oxygen atoms in total. The summed E-state index contributed by atoms with van der Waals surface area (Å²) in [6.45, 7) is 5.27. The molecule has 4 rings (SSSR count). The van der Waals surface area contributed by atoms with Gasteiger partial charge in [-0.15, -0.1) is 0 Å². The number of ketones is 1. The summed E-state index contributed by atoms with van der Waals surface area (Å²) in [5.74, 6) is -1.95. The number of carbonyl (C=O) groups is 3. The molecule has 2 aliphatic heterocycles. The number of hydrogen-bond acceptors (Lipinski definition) is 5. The average molecular weight is 361 g/mol. The number of imide groups is 1. The molecule has 0 unspecified atom stereocenters. The van der Waals surface area contributed by atoms with Crippen molar-refractivity contribution >= 4 is 34.7 Å². The van der Waals surface area contributed by atoms with Crippen LogP contribution in [0.4, 0.5) is 11.4 Å². The number of benzene rings is 2. The Balaban J connectivity index is 1.79. The molecule has 27 heavy (non-hydrogen) atoms. The van der Waals surface area contributed by atoms with Gasteiger partial charge in [-0.25, -0.2) is 4.90 Å². The molecule has 2 aromatic carbocycles. The van der Waals surface area contributed by atoms with Crippen LogP contribution in [-0.2, 0) is 14.4 Å². The third-order valence-electron chi connectivity index (χ3n) is 5.00. The van der Waals surface area contributed by atoms with Gasteiger partial charge >= 0.3 is 0 Å². The monoisotopic (exact) mass is 361 g/mol. The number of nitrogens with zero attached hydrogens (tertiary/aromatic N) is 3. The molecule has 1 saturated heterocycles. The van der Waals surface area contributed by atoms with E-state index in [0.29, 0.717) is 11.4 Å². The fourth-order valence-electron chi connectivity index (χ4n) is 3.56. The van der Waals surface area contributed by atoms with E-state index in [0.717, 1.165) is 11.1 Å². The number of hydrogen-bond donors (Lipinski definition) is 0. The number of carbonyl (C=O) groups excluding carboxylic acids is 3. The zero-order chi connectivity index (χ0) is 19.3. The summed E-state index contributed by atoms with van der Waals surface area (Å²) >= 11 is 0. The van der Waals surface area contributed by atoms with Gasteiger partial charge in [0, 0.05) is 6.92 Å². The van der Waals surface area contributed by atoms with Crippen LogP contribution < -0.4 is 9.91 Å². The van der Waals surface area contributed by atoms with Gasteiger partial charge < -0.3 is 0 Å². The maximum Gasteiger partial charge on any atom is 0.259 e. The normalized spacial score (nSPS) is 21.5. The van der Waals surface area contributed by atoms with E-state index in [1.54, 1.807) is 12.1 Å². The number of fused-ring (bicyclic) bond motifs is 1. The van der Waals surface area contributed by atoms with Crippen LogP contribution in [0.15, 0.2) is 53.6 Å². The zero-order valence-electron chi connectivity index (χ0n) is 15.3. The van der Waals surface area contributed by atoms with Gasteiger partial charge in [-0.2, -0.15) is 5.10 Å². The van der Waals surface area contributed by atoms with Crippen molar-refractivity contribution in [3.63, 3.8) is 0 Å². The lowest BCUT2D eigenvalue weighted by molar-refractivity contribution is -0.122. The summed E-state index contributed by atoms with van der Waals surface area (Å²) in [7, 11) is 0. The molecular formula is C21H19N3O3. The summed E-state index contributed by atoms with van der Waals surface area (Å²) in [5.41, 5.74) is 3.43. The lowest BCUT2D eigenvalue weighted by Crippen LogP contribution is -2.39. The Hall–Kier alpha value is -3.28. The van der Waals surface area contributed by atoms with Crippen molar-refractivity contribution in [3.05, 3.63) is 59.7 Å². The highest BCUT2D eigenvalue weighted by Gasteiger charge is 2.58. The quantitative estimate of drug-likeness (QED) is 0.788. The molecule has 0 spiro atoms. The fraction of sp³-hybridized carbons (Fsp3) is 0.238. The molecule has 2 atom stereocenters. The Morgan fingerprint density at radius 3 is 1.89 bits per heavy atom. The van der Waals surface area contributed by atoms with Crippen molar-refractivity contribution in [1.29, 1.82) is 0 Å². The Morgan fingerprint density at radius 2 is 1.37 bits per heavy atom. The van der Waals surface area contributed by atoms with Gasteiger partial charge in [-0.05, 0) is 38.1 Å². The van der Waals surface area contributed by atoms with Crippen LogP contribution >= 0.6 is 0 Å². The molecule has 0 aliphatic carbocycles. The Kier molecular flexibility index (Phi) is 3.91. The van der Waals surface area contributed by atoms with Crippen LogP contribution in [0, 0.1) is 19.8 Å². The van der Waals surface area contributed by atoms with Crippen molar-refractivity contribution in [2.24, 2.45) is 11.0 Å². The highest BCUT2D eigenvalue weighted by atomic mass is 16.2. The molecule has 1 fully saturated rings. The number of rotatable bonds is 3. The van der Waals surface area contributed by atoms with Gasteiger partial charge in [0.15, 0.2) is 5.78 Å². The number of anilines is 2. The Bertz CT molecular complexity index is 977. The molecule has 0 radical (unpaired) electrons. The highest BCUT2D eigenvalue weighted by Crippen LogP contribution is 2.37. The summed E-state index contributed by atoms with van der Waals surface area (Å²) in [4.78, 5) is 39.5. The number of amides is 2. The van der Waals surface area contributed by atoms with E-state index in [4.69, 9.17) is 0 Å². The second-order valence-electron chi connectivity index (χ2n) is 6.99. The van der Waals surface area contributed by atoms with Crippen molar-refractivity contribution in [3.8, 4) is 0 Å². The molecular weight excluding hydrogens is 342 g/mol. The van der Waals surface area contributed by atoms with Gasteiger partial charge in [-0.1, -0.05) is 35.4 Å². The summed E-state index contributed by atoms with van der Waals surface area (Å²) in [6.07, 6.45) is 0. The standard InChI is InChI=1S/C21H19N3O3/c1-12-4-8-15(9-5-12)23-20(26)17-18(14(3)25)22-24(19(17)21(23)27)16-10-6-13(2)7-11-16/h4-11,17,19H,1-3H3/t17-,19+/m1/s1. The first-order chi connectivity index (χ1) is 12.9. The van der Waals surface area contributed by atoms with Crippen molar-refractivity contribution in [2.75, 3.05) is 9.91 Å². The number of Topliss-reactive ketones (excluding diaryl/α,β-unsaturated/α-hetero) is 1. The van der Waals surface area contributed by atoms with E-state index in [2.05, 4.69) is 5.10 Å². The van der Waals surface area contributed by atoms with E-state index >= 15 is 0 Å². The molecule has 6 heteroatoms. The zero-order valence-corrected chi connectivity index (χ0v) is 15.3. The van der Waals surface area contributed by atoms with E-state index < -0.39 is 17.9 Å². The minimum Gasteiger partial charge on any atom is -0.293 e. The number of hydrazone groups is 1. The average Bonchev–Trinajstić information content (AvgIpc) is 3.15. The third kappa shape index (κ3) is 2.65. The van der Waals surface area contributed by atoms with Crippen LogP contribution in [0.1, 0.15) is 18.1 Å². The minimum absolute atomic E-state index is 0.133. The molecule has 0 bridgehead atoms. The predicted octanol–water partition coefficient (Wildman–Crippen LogP) is 2.63. The predicted molar refractivity (Wildman–Crippen MR) is 103 cm³/mol. The summed E-state index contributed by atoms with van der Waals surface area (Å²) in [6, 6.07) is 13.8. The first kappa shape index (κ1) is 17.1. The van der Waals surface area contributed by atoms with Crippen LogP contribution in [0.5, 0.6) is 0 Å². The maximum atomic E-state index is 13.2. The first-order valence-electron chi connectivity index (χ1n) is 8.78. The smallest absolute Gasteiger partial charge is 0.259 e. The number of aryl methyl sites for hydroxylation is 2. The summed E-state index contributed by atoms with van der Waals surface area (Å²) in [5, 5.41) is 5.86. The molecule has 2 heterocycles. The maximum absolute atomic E-state index is 13.2. The van der Waals surface area contributed by atoms with E-state index in [9.17, 15) is 14.4 Å². The largest absolute Gasteiger partial charge is 0.293 e. The van der Waals surface area contributed by atoms with Gasteiger partial charge in [0.2, 0.25) is 5.91 Å². The van der Waals surface area contributed by atoms with Crippen LogP contribution in [0.3, 0.4) is 0 Å². The van der Waals surface area contributed by atoms with Gasteiger partial charge in [0.05, 0.1) is 11.4 Å². The topological polar surface area (TPSA) is 70.1 Å². The molecule has 136 valence electrons. The molecule has 2 aliphatic rings. The second-order valence-corrected chi connectivity index (χ2v) is 6.99. The van der Waals surface area contributed by atoms with Crippen molar-refractivity contribution in [1.82, 2.24) is 0 Å². The van der Waals surface area contributed by atoms with Gasteiger partial charge in [-0.3, -0.25) is 19.4 Å². The highest BCUT2D eigenvalue weighted by molar-refractivity contribution is 6.48. The van der Waals surface area contributed by atoms with Gasteiger partial charge in [0.25, 0.3) is 5.91 Å². The lowest BCUT2D eigenvalue weighted by atomic mass is 9.95. The van der Waals surface area contributed by atoms with Gasteiger partial charge in [0.1, 0.15) is 17.7 Å². The van der Waals surface area contributed by atoms with E-state index in [1.165, 1.54) is 16.8 Å². The molecule has 2 amide bonds. The lowest BCUT2D eigenvalue weighted by Gasteiger charge is -2.22. The van der Waals surface area contributed by atoms with E-state index in [-0.39, 0.29) is 17.4 Å². The Morgan fingerprint density at radius 1 is 0.852 bits per heavy atom. The van der Waals surface area contributed by atoms with Crippen LogP contribution in [0.25, 0.3) is 0 Å². The first-order valence-corrected chi connectivity index (χ1v) is 8.78. The fourth-order valence-corrected chi connectivity index (χ4v) is 3.56. The third-order valence-corrected chi connectivity index (χ3v) is 5.00. The summed E-state index contributed by atoms with van der Waals surface area (Å²) < 4.78 is 0. The van der Waals surface area contributed by atoms with Crippen LogP contribution in [0.2, 0.25) is 0 Å². The Labute approximate surface area is 157 Å². The SMILES string of the molecule is CC(=O)C1=NN(c2ccc(C)cc2)[C@@H]2C(=O)N(c3ccc(C)cc3)C(=O)[C@H]12. The van der Waals surface area contributed by atoms with Crippen molar-refractivity contribution < 1.29 is 14.4 Å². The molecule has 2 aromatic rings. The second kappa shape index (κ2) is 6.16. The molecule has 0 N–H and O–H groups in total.